The molecular formula is C23H27ClN2O4S. The molecule has 3 rings (SSSR count). The Kier molecular flexibility index (Phi) is 8.66. The number of nitrogens with zero attached hydrogens (tertiary/aromatic N) is 2. The van der Waals surface area contributed by atoms with Gasteiger partial charge in [-0.1, -0.05) is 41.6 Å². The van der Waals surface area contributed by atoms with Crippen molar-refractivity contribution in [1.29, 1.82) is 0 Å². The van der Waals surface area contributed by atoms with Crippen LogP contribution in [-0.2, 0) is 11.3 Å². The highest BCUT2D eigenvalue weighted by molar-refractivity contribution is 7.99. The molecule has 1 atom stereocenters. The van der Waals surface area contributed by atoms with Gasteiger partial charge >= 0.3 is 0 Å². The number of rotatable bonds is 11. The molecule has 3 aromatic rings. The number of aromatic nitrogens is 2. The Morgan fingerprint density at radius 2 is 2.03 bits per heavy atom. The molecule has 0 aliphatic heterocycles. The van der Waals surface area contributed by atoms with Crippen molar-refractivity contribution in [2.45, 2.75) is 24.7 Å². The molecule has 31 heavy (non-hydrogen) atoms. The van der Waals surface area contributed by atoms with Crippen molar-refractivity contribution in [2.75, 3.05) is 33.2 Å². The van der Waals surface area contributed by atoms with Crippen LogP contribution in [0.2, 0.25) is 5.02 Å². The third-order valence-corrected chi connectivity index (χ3v) is 5.93. The fourth-order valence-electron chi connectivity index (χ4n) is 3.09. The lowest BCUT2D eigenvalue weighted by Gasteiger charge is -2.15. The van der Waals surface area contributed by atoms with Gasteiger partial charge in [0.05, 0.1) is 30.9 Å². The number of aliphatic hydroxyl groups is 1. The van der Waals surface area contributed by atoms with E-state index < -0.39 is 6.10 Å². The molecule has 0 bridgehead atoms. The molecule has 166 valence electrons. The summed E-state index contributed by atoms with van der Waals surface area (Å²) in [5, 5.41) is 11.9. The standard InChI is InChI=1S/C23H27ClN2O4S/c1-4-5-16-6-9-21(22(12-16)29-3)30-14-18(27)15-31-23-25-19-13-17(24)7-8-20(19)26(23)10-11-28-2/h4-9,12-13,18,27H,10-11,14-15H2,1-3H3/b5-4+. The Morgan fingerprint density at radius 1 is 1.19 bits per heavy atom. The maximum atomic E-state index is 10.5. The second kappa shape index (κ2) is 11.4. The number of ether oxygens (including phenoxy) is 3. The van der Waals surface area contributed by atoms with Gasteiger partial charge in [0.2, 0.25) is 0 Å². The Labute approximate surface area is 191 Å². The molecule has 0 saturated heterocycles. The minimum atomic E-state index is -0.677. The van der Waals surface area contributed by atoms with Gasteiger partial charge in [-0.15, -0.1) is 0 Å². The Balaban J connectivity index is 1.64. The van der Waals surface area contributed by atoms with Crippen LogP contribution in [0.25, 0.3) is 17.1 Å². The molecule has 0 saturated carbocycles. The maximum Gasteiger partial charge on any atom is 0.169 e. The first-order valence-electron chi connectivity index (χ1n) is 9.94. The summed E-state index contributed by atoms with van der Waals surface area (Å²) >= 11 is 7.59. The number of allylic oxidation sites excluding steroid dienone is 1. The smallest absolute Gasteiger partial charge is 0.169 e. The predicted octanol–water partition coefficient (Wildman–Crippen LogP) is 4.91. The van der Waals surface area contributed by atoms with Crippen LogP contribution < -0.4 is 9.47 Å². The first-order valence-corrected chi connectivity index (χ1v) is 11.3. The van der Waals surface area contributed by atoms with E-state index in [1.165, 1.54) is 11.8 Å². The highest BCUT2D eigenvalue weighted by atomic mass is 35.5. The number of fused-ring (bicyclic) bond motifs is 1. The summed E-state index contributed by atoms with van der Waals surface area (Å²) in [6, 6.07) is 11.3. The molecule has 1 aromatic heterocycles. The van der Waals surface area contributed by atoms with E-state index in [-0.39, 0.29) is 6.61 Å². The average molecular weight is 463 g/mol. The number of thioether (sulfide) groups is 1. The monoisotopic (exact) mass is 462 g/mol. The molecule has 0 aliphatic rings. The Bertz CT molecular complexity index is 1040. The van der Waals surface area contributed by atoms with E-state index in [0.717, 1.165) is 21.8 Å². The van der Waals surface area contributed by atoms with E-state index in [1.54, 1.807) is 14.2 Å². The van der Waals surface area contributed by atoms with Crippen LogP contribution in [-0.4, -0.2) is 53.9 Å². The lowest BCUT2D eigenvalue weighted by Crippen LogP contribution is -2.20. The van der Waals surface area contributed by atoms with Crippen LogP contribution in [0.4, 0.5) is 0 Å². The molecular weight excluding hydrogens is 436 g/mol. The summed E-state index contributed by atoms with van der Waals surface area (Å²) in [7, 11) is 3.27. The summed E-state index contributed by atoms with van der Waals surface area (Å²) in [5.74, 6) is 1.67. The molecule has 8 heteroatoms. The average Bonchev–Trinajstić information content (AvgIpc) is 3.11. The Morgan fingerprint density at radius 3 is 2.77 bits per heavy atom. The van der Waals surface area contributed by atoms with Crippen LogP contribution in [0.1, 0.15) is 12.5 Å². The maximum absolute atomic E-state index is 10.5. The van der Waals surface area contributed by atoms with Crippen molar-refractivity contribution in [3.63, 3.8) is 0 Å². The van der Waals surface area contributed by atoms with E-state index in [9.17, 15) is 5.11 Å². The van der Waals surface area contributed by atoms with Gasteiger partial charge < -0.3 is 23.9 Å². The van der Waals surface area contributed by atoms with Crippen LogP contribution in [0.15, 0.2) is 47.6 Å². The number of methoxy groups -OCH3 is 2. The van der Waals surface area contributed by atoms with Gasteiger partial charge in [0.15, 0.2) is 16.7 Å². The van der Waals surface area contributed by atoms with E-state index in [4.69, 9.17) is 25.8 Å². The largest absolute Gasteiger partial charge is 0.493 e. The van der Waals surface area contributed by atoms with Crippen molar-refractivity contribution >= 4 is 40.5 Å². The molecule has 0 amide bonds. The highest BCUT2D eigenvalue weighted by Gasteiger charge is 2.15. The molecule has 0 fully saturated rings. The van der Waals surface area contributed by atoms with Gasteiger partial charge in [-0.25, -0.2) is 4.98 Å². The predicted molar refractivity (Wildman–Crippen MR) is 127 cm³/mol. The zero-order chi connectivity index (χ0) is 22.2. The van der Waals surface area contributed by atoms with Gasteiger partial charge in [-0.2, -0.15) is 0 Å². The van der Waals surface area contributed by atoms with E-state index >= 15 is 0 Å². The van der Waals surface area contributed by atoms with Crippen LogP contribution in [0, 0.1) is 0 Å². The van der Waals surface area contributed by atoms with E-state index in [2.05, 4.69) is 9.55 Å². The van der Waals surface area contributed by atoms with Gasteiger partial charge in [0.25, 0.3) is 0 Å². The normalized spacial score (nSPS) is 12.5. The van der Waals surface area contributed by atoms with Crippen LogP contribution >= 0.6 is 23.4 Å². The van der Waals surface area contributed by atoms with Crippen LogP contribution in [0.5, 0.6) is 11.5 Å². The number of aliphatic hydroxyl groups excluding tert-OH is 1. The lowest BCUT2D eigenvalue weighted by atomic mass is 10.2. The first-order chi connectivity index (χ1) is 15.0. The first kappa shape index (κ1) is 23.5. The third kappa shape index (κ3) is 6.17. The summed E-state index contributed by atoms with van der Waals surface area (Å²) in [6.07, 6.45) is 3.27. The second-order valence-corrected chi connectivity index (χ2v) is 8.28. The number of hydrogen-bond acceptors (Lipinski definition) is 6. The molecule has 0 aliphatic carbocycles. The number of imidazole rings is 1. The van der Waals surface area contributed by atoms with Gasteiger partial charge in [0, 0.05) is 24.4 Å². The lowest BCUT2D eigenvalue weighted by molar-refractivity contribution is 0.124. The SMILES string of the molecule is C/C=C/c1ccc(OCC(O)CSc2nc3cc(Cl)ccc3n2CCOC)c(OC)c1. The molecule has 2 aromatic carbocycles. The summed E-state index contributed by atoms with van der Waals surface area (Å²) in [4.78, 5) is 4.68. The van der Waals surface area contributed by atoms with Crippen molar-refractivity contribution < 1.29 is 19.3 Å². The van der Waals surface area contributed by atoms with Gasteiger partial charge in [0.1, 0.15) is 6.61 Å². The summed E-state index contributed by atoms with van der Waals surface area (Å²) < 4.78 is 18.5. The number of benzene rings is 2. The van der Waals surface area contributed by atoms with Crippen LogP contribution in [0.3, 0.4) is 0 Å². The van der Waals surface area contributed by atoms with E-state index in [1.807, 2.05) is 55.5 Å². The van der Waals surface area contributed by atoms with Gasteiger partial charge in [-0.05, 0) is 42.8 Å². The van der Waals surface area contributed by atoms with Crippen molar-refractivity contribution in [3.05, 3.63) is 53.1 Å². The second-order valence-electron chi connectivity index (χ2n) is 6.86. The zero-order valence-corrected chi connectivity index (χ0v) is 19.4. The van der Waals surface area contributed by atoms with Crippen molar-refractivity contribution in [1.82, 2.24) is 9.55 Å². The molecule has 0 radical (unpaired) electrons. The molecule has 6 nitrogen and oxygen atoms in total. The summed E-state index contributed by atoms with van der Waals surface area (Å²) in [6.45, 7) is 3.34. The van der Waals surface area contributed by atoms with Crippen molar-refractivity contribution in [2.24, 2.45) is 0 Å². The number of hydrogen-bond donors (Lipinski definition) is 1. The molecule has 1 heterocycles. The zero-order valence-electron chi connectivity index (χ0n) is 17.9. The number of halogens is 1. The van der Waals surface area contributed by atoms with Gasteiger partial charge in [-0.3, -0.25) is 0 Å². The molecule has 1 unspecified atom stereocenters. The fraction of sp³-hybridized carbons (Fsp3) is 0.348. The molecule has 1 N–H and O–H groups in total. The quantitative estimate of drug-likeness (QED) is 0.408. The highest BCUT2D eigenvalue weighted by Crippen LogP contribution is 2.30. The minimum absolute atomic E-state index is 0.149. The van der Waals surface area contributed by atoms with E-state index in [0.29, 0.717) is 35.4 Å². The Hall–Kier alpha value is -2.19. The summed E-state index contributed by atoms with van der Waals surface area (Å²) in [5.41, 5.74) is 2.83. The third-order valence-electron chi connectivity index (χ3n) is 4.58. The minimum Gasteiger partial charge on any atom is -0.493 e. The topological polar surface area (TPSA) is 65.7 Å². The molecule has 0 spiro atoms. The fourth-order valence-corrected chi connectivity index (χ4v) is 4.21. The van der Waals surface area contributed by atoms with Crippen molar-refractivity contribution in [3.8, 4) is 11.5 Å².